The van der Waals surface area contributed by atoms with Crippen LogP contribution in [0.2, 0.25) is 10.2 Å². The fourth-order valence-electron chi connectivity index (χ4n) is 3.83. The zero-order chi connectivity index (χ0) is 24.5. The van der Waals surface area contributed by atoms with Crippen molar-refractivity contribution in [3.8, 4) is 11.3 Å². The number of carbonyl (C=O) groups is 2. The Balaban J connectivity index is 1.57. The number of aromatic nitrogens is 1. The number of pyridine rings is 1. The van der Waals surface area contributed by atoms with Crippen LogP contribution in [0.15, 0.2) is 60.7 Å². The lowest BCUT2D eigenvalue weighted by atomic mass is 9.93. The number of anilines is 1. The van der Waals surface area contributed by atoms with Crippen LogP contribution in [0.3, 0.4) is 0 Å². The number of alkyl halides is 2. The Morgan fingerprint density at radius 2 is 1.82 bits per heavy atom. The maximum absolute atomic E-state index is 14.6. The summed E-state index contributed by atoms with van der Waals surface area (Å²) in [7, 11) is 0. The Morgan fingerprint density at radius 1 is 1.06 bits per heavy atom. The molecule has 0 radical (unpaired) electrons. The van der Waals surface area contributed by atoms with Crippen LogP contribution in [0, 0.1) is 11.7 Å². The number of likely N-dealkylation sites (tertiary alicyclic amines) is 1. The molecule has 1 N–H and O–H groups in total. The van der Waals surface area contributed by atoms with Crippen molar-refractivity contribution in [2.24, 2.45) is 5.92 Å². The molecule has 3 aromatic rings. The lowest BCUT2D eigenvalue weighted by molar-refractivity contribution is -0.130. The van der Waals surface area contributed by atoms with Gasteiger partial charge in [-0.1, -0.05) is 35.3 Å². The van der Waals surface area contributed by atoms with Gasteiger partial charge in [-0.2, -0.15) is 0 Å². The molecule has 5 nitrogen and oxygen atoms in total. The summed E-state index contributed by atoms with van der Waals surface area (Å²) in [6.07, 6.45) is -0.738. The van der Waals surface area contributed by atoms with Gasteiger partial charge in [0, 0.05) is 29.2 Å². The summed E-state index contributed by atoms with van der Waals surface area (Å²) in [6.45, 7) is -1.22. The van der Waals surface area contributed by atoms with E-state index in [1.165, 1.54) is 18.2 Å². The van der Waals surface area contributed by atoms with Crippen LogP contribution in [0.1, 0.15) is 16.8 Å². The topological polar surface area (TPSA) is 62.3 Å². The number of nitrogens with zero attached hydrogens (tertiary/aromatic N) is 2. The molecule has 1 aromatic heterocycles. The molecule has 1 aliphatic rings. The number of hydrogen-bond acceptors (Lipinski definition) is 3. The van der Waals surface area contributed by atoms with Crippen molar-refractivity contribution in [3.05, 3.63) is 82.2 Å². The highest BCUT2D eigenvalue weighted by atomic mass is 35.5. The summed E-state index contributed by atoms with van der Waals surface area (Å²) >= 11 is 11.8. The first-order valence-corrected chi connectivity index (χ1v) is 11.0. The van der Waals surface area contributed by atoms with Crippen molar-refractivity contribution in [3.63, 3.8) is 0 Å². The number of halogens is 5. The molecular formula is C24H18Cl2F3N3O2. The minimum absolute atomic E-state index is 0.207. The van der Waals surface area contributed by atoms with E-state index in [0.29, 0.717) is 22.0 Å². The fraction of sp³-hybridized carbons (Fsp3) is 0.208. The van der Waals surface area contributed by atoms with E-state index in [-0.39, 0.29) is 11.7 Å². The maximum atomic E-state index is 14.6. The van der Waals surface area contributed by atoms with Crippen molar-refractivity contribution in [2.75, 3.05) is 18.4 Å². The van der Waals surface area contributed by atoms with Gasteiger partial charge in [0.1, 0.15) is 11.0 Å². The molecule has 10 heteroatoms. The highest BCUT2D eigenvalue weighted by molar-refractivity contribution is 6.31. The largest absolute Gasteiger partial charge is 0.332 e. The second kappa shape index (κ2) is 9.64. The predicted octanol–water partition coefficient (Wildman–Crippen LogP) is 5.93. The van der Waals surface area contributed by atoms with E-state index in [2.05, 4.69) is 10.3 Å². The van der Waals surface area contributed by atoms with Crippen LogP contribution < -0.4 is 5.32 Å². The third-order valence-corrected chi connectivity index (χ3v) is 5.81. The Kier molecular flexibility index (Phi) is 6.81. The number of amides is 2. The van der Waals surface area contributed by atoms with Gasteiger partial charge in [0.2, 0.25) is 5.91 Å². The molecule has 2 amide bonds. The van der Waals surface area contributed by atoms with Crippen molar-refractivity contribution in [2.45, 2.75) is 12.3 Å². The molecule has 2 aromatic carbocycles. The van der Waals surface area contributed by atoms with Crippen LogP contribution >= 0.6 is 23.2 Å². The molecule has 1 saturated heterocycles. The highest BCUT2D eigenvalue weighted by Crippen LogP contribution is 2.33. The molecule has 0 saturated carbocycles. The van der Waals surface area contributed by atoms with Crippen LogP contribution in [0.4, 0.5) is 18.9 Å². The summed E-state index contributed by atoms with van der Waals surface area (Å²) in [6, 6.07) is 14.8. The lowest BCUT2D eigenvalue weighted by Crippen LogP contribution is -2.52. The Hall–Kier alpha value is -3.10. The van der Waals surface area contributed by atoms with Crippen molar-refractivity contribution >= 4 is 40.7 Å². The SMILES string of the molecule is O=C(Nc1cccc(Cl)c1)C1CN(C(=O)c2cc(-c3cccc(Cl)n3)ccc2F)CC(F)(F)C1. The van der Waals surface area contributed by atoms with E-state index in [1.54, 1.807) is 36.4 Å². The molecular weight excluding hydrogens is 490 g/mol. The molecule has 0 spiro atoms. The Labute approximate surface area is 203 Å². The number of hydrogen-bond donors (Lipinski definition) is 1. The average molecular weight is 508 g/mol. The maximum Gasteiger partial charge on any atom is 0.266 e. The predicted molar refractivity (Wildman–Crippen MR) is 124 cm³/mol. The second-order valence-electron chi connectivity index (χ2n) is 7.98. The van der Waals surface area contributed by atoms with Crippen molar-refractivity contribution in [1.82, 2.24) is 9.88 Å². The van der Waals surface area contributed by atoms with Crippen molar-refractivity contribution in [1.29, 1.82) is 0 Å². The number of piperidine rings is 1. The molecule has 34 heavy (non-hydrogen) atoms. The van der Waals surface area contributed by atoms with Gasteiger partial charge in [-0.05, 0) is 48.5 Å². The third kappa shape index (κ3) is 5.51. The molecule has 2 heterocycles. The van der Waals surface area contributed by atoms with Gasteiger partial charge in [0.15, 0.2) is 0 Å². The van der Waals surface area contributed by atoms with E-state index < -0.39 is 48.0 Å². The first kappa shape index (κ1) is 24.0. The quantitative estimate of drug-likeness (QED) is 0.445. The summed E-state index contributed by atoms with van der Waals surface area (Å²) in [5.41, 5.74) is 0.735. The number of benzene rings is 2. The van der Waals surface area contributed by atoms with E-state index >= 15 is 0 Å². The molecule has 0 aliphatic carbocycles. The van der Waals surface area contributed by atoms with Gasteiger partial charge in [-0.25, -0.2) is 18.2 Å². The first-order valence-electron chi connectivity index (χ1n) is 10.3. The highest BCUT2D eigenvalue weighted by Gasteiger charge is 2.45. The Bertz CT molecular complexity index is 1260. The minimum atomic E-state index is -3.33. The van der Waals surface area contributed by atoms with E-state index in [0.717, 1.165) is 11.0 Å². The minimum Gasteiger partial charge on any atom is -0.332 e. The fourth-order valence-corrected chi connectivity index (χ4v) is 4.18. The summed E-state index contributed by atoms with van der Waals surface area (Å²) in [4.78, 5) is 30.7. The van der Waals surface area contributed by atoms with Gasteiger partial charge >= 0.3 is 0 Å². The van der Waals surface area contributed by atoms with E-state index in [1.807, 2.05) is 0 Å². The molecule has 1 atom stereocenters. The molecule has 176 valence electrons. The van der Waals surface area contributed by atoms with Crippen molar-refractivity contribution < 1.29 is 22.8 Å². The number of nitrogens with one attached hydrogen (secondary N) is 1. The normalized spacial score (nSPS) is 17.3. The van der Waals surface area contributed by atoms with E-state index in [9.17, 15) is 22.8 Å². The van der Waals surface area contributed by atoms with Crippen LogP contribution in [0.5, 0.6) is 0 Å². The zero-order valence-electron chi connectivity index (χ0n) is 17.6. The number of rotatable bonds is 4. The summed E-state index contributed by atoms with van der Waals surface area (Å²) < 4.78 is 43.6. The van der Waals surface area contributed by atoms with Crippen LogP contribution in [-0.4, -0.2) is 40.7 Å². The Morgan fingerprint density at radius 3 is 2.56 bits per heavy atom. The van der Waals surface area contributed by atoms with Gasteiger partial charge < -0.3 is 10.2 Å². The average Bonchev–Trinajstić information content (AvgIpc) is 2.78. The smallest absolute Gasteiger partial charge is 0.266 e. The van der Waals surface area contributed by atoms with Gasteiger partial charge in [-0.15, -0.1) is 0 Å². The van der Waals surface area contributed by atoms with Crippen LogP contribution in [0.25, 0.3) is 11.3 Å². The van der Waals surface area contributed by atoms with E-state index in [4.69, 9.17) is 23.2 Å². The van der Waals surface area contributed by atoms with Gasteiger partial charge in [0.25, 0.3) is 11.8 Å². The molecule has 4 rings (SSSR count). The third-order valence-electron chi connectivity index (χ3n) is 5.37. The summed E-state index contributed by atoms with van der Waals surface area (Å²) in [5, 5.41) is 3.12. The molecule has 0 bridgehead atoms. The molecule has 1 unspecified atom stereocenters. The monoisotopic (exact) mass is 507 g/mol. The standard InChI is InChI=1S/C24H18Cl2F3N3O2/c25-16-3-1-4-17(10-16)30-22(33)15-11-24(28,29)13-32(12-15)23(34)18-9-14(7-8-19(18)27)20-5-2-6-21(26)31-20/h1-10,15H,11-13H2,(H,30,33). The molecule has 1 aliphatic heterocycles. The second-order valence-corrected chi connectivity index (χ2v) is 8.81. The molecule has 1 fully saturated rings. The van der Waals surface area contributed by atoms with Crippen LogP contribution in [-0.2, 0) is 4.79 Å². The first-order chi connectivity index (χ1) is 16.1. The van der Waals surface area contributed by atoms with Gasteiger partial charge in [0.05, 0.1) is 23.7 Å². The number of carbonyl (C=O) groups excluding carboxylic acids is 2. The zero-order valence-corrected chi connectivity index (χ0v) is 19.1. The lowest BCUT2D eigenvalue weighted by Gasteiger charge is -2.37. The summed E-state index contributed by atoms with van der Waals surface area (Å²) in [5.74, 6) is -7.03. The van der Waals surface area contributed by atoms with Gasteiger partial charge in [-0.3, -0.25) is 9.59 Å².